The average Bonchev–Trinajstić information content (AvgIpc) is 2.01. The van der Waals surface area contributed by atoms with E-state index in [1.165, 1.54) is 12.1 Å². The smallest absolute Gasteiger partial charge is 0.126 e. The van der Waals surface area contributed by atoms with E-state index in [9.17, 15) is 8.78 Å². The van der Waals surface area contributed by atoms with Crippen molar-refractivity contribution in [3.8, 4) is 0 Å². The molecule has 0 aliphatic heterocycles. The normalized spacial score (nSPS) is 13.4. The fourth-order valence-corrected chi connectivity index (χ4v) is 1.15. The highest BCUT2D eigenvalue weighted by atomic mass is 19.1. The third-order valence-electron chi connectivity index (χ3n) is 1.99. The zero-order valence-electron chi connectivity index (χ0n) is 7.72. The minimum Gasteiger partial charge on any atom is -0.324 e. The highest BCUT2D eigenvalue weighted by Crippen LogP contribution is 2.20. The van der Waals surface area contributed by atoms with Crippen LogP contribution < -0.4 is 5.73 Å². The zero-order valence-corrected chi connectivity index (χ0v) is 7.72. The standard InChI is InChI=1S/C10H13F2N/c1-6(2)10(13)7-3-8(11)5-9(12)4-7/h3-6,10H,13H2,1-2H3. The van der Waals surface area contributed by atoms with Gasteiger partial charge in [0, 0.05) is 12.1 Å². The summed E-state index contributed by atoms with van der Waals surface area (Å²) in [5, 5.41) is 0. The Bertz CT molecular complexity index is 277. The van der Waals surface area contributed by atoms with Crippen molar-refractivity contribution in [2.75, 3.05) is 0 Å². The number of halogens is 2. The molecule has 0 saturated heterocycles. The molecule has 0 saturated carbocycles. The molecule has 1 atom stereocenters. The molecule has 0 aliphatic carbocycles. The Kier molecular flexibility index (Phi) is 2.98. The minimum absolute atomic E-state index is 0.168. The van der Waals surface area contributed by atoms with Crippen LogP contribution in [-0.2, 0) is 0 Å². The Morgan fingerprint density at radius 3 is 1.92 bits per heavy atom. The molecule has 0 heterocycles. The van der Waals surface area contributed by atoms with Gasteiger partial charge in [-0.3, -0.25) is 0 Å². The van der Waals surface area contributed by atoms with Crippen LogP contribution in [0.15, 0.2) is 18.2 Å². The van der Waals surface area contributed by atoms with Crippen LogP contribution in [-0.4, -0.2) is 0 Å². The van der Waals surface area contributed by atoms with Crippen molar-refractivity contribution in [2.45, 2.75) is 19.9 Å². The van der Waals surface area contributed by atoms with Gasteiger partial charge >= 0.3 is 0 Å². The Morgan fingerprint density at radius 1 is 1.08 bits per heavy atom. The van der Waals surface area contributed by atoms with Crippen molar-refractivity contribution in [1.29, 1.82) is 0 Å². The lowest BCUT2D eigenvalue weighted by Crippen LogP contribution is -2.17. The van der Waals surface area contributed by atoms with Crippen LogP contribution >= 0.6 is 0 Å². The number of hydrogen-bond donors (Lipinski definition) is 1. The third-order valence-corrected chi connectivity index (χ3v) is 1.99. The second-order valence-corrected chi connectivity index (χ2v) is 3.47. The summed E-state index contributed by atoms with van der Waals surface area (Å²) in [6.07, 6.45) is 0. The first-order valence-corrected chi connectivity index (χ1v) is 4.22. The fraction of sp³-hybridized carbons (Fsp3) is 0.400. The molecule has 0 aliphatic rings. The van der Waals surface area contributed by atoms with E-state index < -0.39 is 11.6 Å². The molecule has 1 nitrogen and oxygen atoms in total. The minimum atomic E-state index is -0.578. The van der Waals surface area contributed by atoms with Crippen LogP contribution in [0.3, 0.4) is 0 Å². The summed E-state index contributed by atoms with van der Waals surface area (Å²) >= 11 is 0. The number of rotatable bonds is 2. The van der Waals surface area contributed by atoms with Gasteiger partial charge < -0.3 is 5.73 Å². The quantitative estimate of drug-likeness (QED) is 0.753. The van der Waals surface area contributed by atoms with Crippen LogP contribution in [0.2, 0.25) is 0 Å². The zero-order chi connectivity index (χ0) is 10.0. The van der Waals surface area contributed by atoms with Gasteiger partial charge in [-0.05, 0) is 23.6 Å². The van der Waals surface area contributed by atoms with E-state index in [4.69, 9.17) is 5.73 Å². The Balaban J connectivity index is 3.01. The van der Waals surface area contributed by atoms with E-state index in [0.717, 1.165) is 6.07 Å². The van der Waals surface area contributed by atoms with Crippen LogP contribution in [0.5, 0.6) is 0 Å². The molecule has 1 rings (SSSR count). The molecular weight excluding hydrogens is 172 g/mol. The van der Waals surface area contributed by atoms with Gasteiger partial charge in [-0.15, -0.1) is 0 Å². The molecule has 2 N–H and O–H groups in total. The first-order valence-electron chi connectivity index (χ1n) is 4.22. The van der Waals surface area contributed by atoms with E-state index in [2.05, 4.69) is 0 Å². The second-order valence-electron chi connectivity index (χ2n) is 3.47. The second kappa shape index (κ2) is 3.83. The Morgan fingerprint density at radius 2 is 1.54 bits per heavy atom. The van der Waals surface area contributed by atoms with Gasteiger partial charge in [0.1, 0.15) is 11.6 Å². The molecule has 0 aromatic heterocycles. The van der Waals surface area contributed by atoms with Crippen molar-refractivity contribution in [1.82, 2.24) is 0 Å². The highest BCUT2D eigenvalue weighted by molar-refractivity contribution is 5.21. The first kappa shape index (κ1) is 10.1. The molecule has 3 heteroatoms. The summed E-state index contributed by atoms with van der Waals surface area (Å²) in [5.41, 5.74) is 6.25. The van der Waals surface area contributed by atoms with Crippen molar-refractivity contribution < 1.29 is 8.78 Å². The predicted octanol–water partition coefficient (Wildman–Crippen LogP) is 2.62. The van der Waals surface area contributed by atoms with E-state index >= 15 is 0 Å². The summed E-state index contributed by atoms with van der Waals surface area (Å²) < 4.78 is 25.5. The van der Waals surface area contributed by atoms with Gasteiger partial charge in [0.2, 0.25) is 0 Å². The van der Waals surface area contributed by atoms with E-state index in [0.29, 0.717) is 5.56 Å². The van der Waals surface area contributed by atoms with E-state index in [1.54, 1.807) is 0 Å². The van der Waals surface area contributed by atoms with E-state index in [-0.39, 0.29) is 12.0 Å². The molecule has 0 fully saturated rings. The molecule has 1 aromatic carbocycles. The van der Waals surface area contributed by atoms with Crippen molar-refractivity contribution >= 4 is 0 Å². The lowest BCUT2D eigenvalue weighted by molar-refractivity contribution is 0.502. The molecule has 0 spiro atoms. The van der Waals surface area contributed by atoms with Crippen molar-refractivity contribution in [2.24, 2.45) is 11.7 Å². The number of benzene rings is 1. The maximum Gasteiger partial charge on any atom is 0.126 e. The van der Waals surface area contributed by atoms with Gasteiger partial charge in [-0.25, -0.2) is 8.78 Å². The van der Waals surface area contributed by atoms with E-state index in [1.807, 2.05) is 13.8 Å². The topological polar surface area (TPSA) is 26.0 Å². The van der Waals surface area contributed by atoms with Crippen LogP contribution in [0.4, 0.5) is 8.78 Å². The SMILES string of the molecule is CC(C)C(N)c1cc(F)cc(F)c1. The largest absolute Gasteiger partial charge is 0.324 e. The Hall–Kier alpha value is -0.960. The summed E-state index contributed by atoms with van der Waals surface area (Å²) in [6.45, 7) is 3.82. The fourth-order valence-electron chi connectivity index (χ4n) is 1.15. The third kappa shape index (κ3) is 2.49. The summed E-state index contributed by atoms with van der Waals surface area (Å²) in [6, 6.07) is 3.07. The van der Waals surface area contributed by atoms with Gasteiger partial charge in [-0.1, -0.05) is 13.8 Å². The van der Waals surface area contributed by atoms with Crippen LogP contribution in [0, 0.1) is 17.6 Å². The predicted molar refractivity (Wildman–Crippen MR) is 48.1 cm³/mol. The number of nitrogens with two attached hydrogens (primary N) is 1. The molecule has 0 bridgehead atoms. The maximum atomic E-state index is 12.8. The number of hydrogen-bond acceptors (Lipinski definition) is 1. The van der Waals surface area contributed by atoms with Crippen molar-refractivity contribution in [3.63, 3.8) is 0 Å². The summed E-state index contributed by atoms with van der Waals surface area (Å²) in [5.74, 6) is -0.988. The molecule has 0 radical (unpaired) electrons. The lowest BCUT2D eigenvalue weighted by atomic mass is 9.97. The summed E-state index contributed by atoms with van der Waals surface area (Å²) in [4.78, 5) is 0. The maximum absolute atomic E-state index is 12.8. The molecule has 0 amide bonds. The van der Waals surface area contributed by atoms with Crippen LogP contribution in [0.1, 0.15) is 25.5 Å². The van der Waals surface area contributed by atoms with Gasteiger partial charge in [-0.2, -0.15) is 0 Å². The van der Waals surface area contributed by atoms with Crippen molar-refractivity contribution in [3.05, 3.63) is 35.4 Å². The molecule has 1 unspecified atom stereocenters. The molecular formula is C10H13F2N. The molecule has 13 heavy (non-hydrogen) atoms. The summed E-state index contributed by atoms with van der Waals surface area (Å²) in [7, 11) is 0. The lowest BCUT2D eigenvalue weighted by Gasteiger charge is -2.15. The average molecular weight is 185 g/mol. The molecule has 1 aromatic rings. The van der Waals surface area contributed by atoms with Crippen LogP contribution in [0.25, 0.3) is 0 Å². The van der Waals surface area contributed by atoms with Gasteiger partial charge in [0.15, 0.2) is 0 Å². The monoisotopic (exact) mass is 185 g/mol. The van der Waals surface area contributed by atoms with Gasteiger partial charge in [0.05, 0.1) is 0 Å². The first-order chi connectivity index (χ1) is 6.00. The highest BCUT2D eigenvalue weighted by Gasteiger charge is 2.12. The van der Waals surface area contributed by atoms with Gasteiger partial charge in [0.25, 0.3) is 0 Å². The molecule has 72 valence electrons. The Labute approximate surface area is 76.6 Å².